The lowest BCUT2D eigenvalue weighted by Gasteiger charge is -2.14. The zero-order chi connectivity index (χ0) is 7.21. The lowest BCUT2D eigenvalue weighted by atomic mass is 10.8. The Morgan fingerprint density at radius 1 is 1.12 bits per heavy atom. The standard InChI is InChI=1S/C4H12N.C2H3N/c1-5(2,3)4;1-2-3/h1-4H3;1H3/q+1;. The maximum Gasteiger partial charge on any atom is 0.0675 e. The van der Waals surface area contributed by atoms with Crippen molar-refractivity contribution in [3.8, 4) is 6.07 Å². The molecule has 0 bridgehead atoms. The molecule has 0 fully saturated rings. The molecule has 8 heavy (non-hydrogen) atoms. The molecular weight excluding hydrogens is 100 g/mol. The van der Waals surface area contributed by atoms with Crippen LogP contribution in [-0.4, -0.2) is 32.7 Å². The molecule has 0 N–H and O–H groups in total. The van der Waals surface area contributed by atoms with Crippen LogP contribution in [0.4, 0.5) is 0 Å². The van der Waals surface area contributed by atoms with Gasteiger partial charge in [-0.3, -0.25) is 0 Å². The van der Waals surface area contributed by atoms with Gasteiger partial charge in [-0.25, -0.2) is 0 Å². The molecule has 0 amide bonds. The van der Waals surface area contributed by atoms with Crippen LogP contribution in [0.1, 0.15) is 6.92 Å². The van der Waals surface area contributed by atoms with E-state index in [0.717, 1.165) is 4.48 Å². The first-order valence-electron chi connectivity index (χ1n) is 2.51. The summed E-state index contributed by atoms with van der Waals surface area (Å²) >= 11 is 0. The van der Waals surface area contributed by atoms with Gasteiger partial charge in [-0.15, -0.1) is 0 Å². The van der Waals surface area contributed by atoms with E-state index in [1.54, 1.807) is 6.07 Å². The Kier molecular flexibility index (Phi) is 6.01. The predicted molar refractivity (Wildman–Crippen MR) is 35.2 cm³/mol. The van der Waals surface area contributed by atoms with Crippen molar-refractivity contribution in [2.75, 3.05) is 28.2 Å². The van der Waals surface area contributed by atoms with E-state index in [2.05, 4.69) is 28.2 Å². The highest BCUT2D eigenvalue weighted by atomic mass is 15.2. The first-order valence-corrected chi connectivity index (χ1v) is 2.51. The van der Waals surface area contributed by atoms with Crippen LogP contribution in [0.25, 0.3) is 0 Å². The first kappa shape index (κ1) is 10.4. The second kappa shape index (κ2) is 4.61. The number of hydrogen-bond acceptors (Lipinski definition) is 1. The molecule has 0 aliphatic carbocycles. The van der Waals surface area contributed by atoms with Crippen LogP contribution in [0.5, 0.6) is 0 Å². The molecule has 0 spiro atoms. The summed E-state index contributed by atoms with van der Waals surface area (Å²) < 4.78 is 1.00. The van der Waals surface area contributed by atoms with Crippen molar-refractivity contribution in [3.63, 3.8) is 0 Å². The monoisotopic (exact) mass is 115 g/mol. The van der Waals surface area contributed by atoms with Crippen LogP contribution >= 0.6 is 0 Å². The molecule has 0 heterocycles. The summed E-state index contributed by atoms with van der Waals surface area (Å²) in [5.41, 5.74) is 0. The highest BCUT2D eigenvalue weighted by molar-refractivity contribution is 4.51. The SMILES string of the molecule is CC#N.C[N+](C)(C)C. The third-order valence-electron chi connectivity index (χ3n) is 0. The van der Waals surface area contributed by atoms with E-state index >= 15 is 0 Å². The zero-order valence-electron chi connectivity index (χ0n) is 6.39. The second-order valence-electron chi connectivity index (χ2n) is 2.91. The molecule has 0 atom stereocenters. The van der Waals surface area contributed by atoms with Gasteiger partial charge in [-0.05, 0) is 0 Å². The number of quaternary nitrogens is 1. The second-order valence-corrected chi connectivity index (χ2v) is 2.91. The van der Waals surface area contributed by atoms with Gasteiger partial charge in [0.15, 0.2) is 0 Å². The zero-order valence-corrected chi connectivity index (χ0v) is 6.39. The van der Waals surface area contributed by atoms with Crippen molar-refractivity contribution < 1.29 is 4.48 Å². The summed E-state index contributed by atoms with van der Waals surface area (Å²) in [7, 11) is 8.50. The average molecular weight is 115 g/mol. The molecule has 0 saturated heterocycles. The van der Waals surface area contributed by atoms with Gasteiger partial charge in [-0.2, -0.15) is 5.26 Å². The number of nitrogens with zero attached hydrogens (tertiary/aromatic N) is 2. The van der Waals surface area contributed by atoms with E-state index in [4.69, 9.17) is 5.26 Å². The third-order valence-corrected chi connectivity index (χ3v) is 0. The van der Waals surface area contributed by atoms with Crippen LogP contribution < -0.4 is 0 Å². The Balaban J connectivity index is 0. The summed E-state index contributed by atoms with van der Waals surface area (Å²) in [6, 6.07) is 1.75. The molecule has 0 aliphatic heterocycles. The molecule has 2 nitrogen and oxygen atoms in total. The summed E-state index contributed by atoms with van der Waals surface area (Å²) in [4.78, 5) is 0. The normalized spacial score (nSPS) is 8.50. The fourth-order valence-corrected chi connectivity index (χ4v) is 0. The van der Waals surface area contributed by atoms with E-state index in [0.29, 0.717) is 0 Å². The fraction of sp³-hybridized carbons (Fsp3) is 0.833. The maximum absolute atomic E-state index is 7.32. The van der Waals surface area contributed by atoms with Crippen molar-refractivity contribution in [2.45, 2.75) is 6.92 Å². The summed E-state index contributed by atoms with van der Waals surface area (Å²) in [6.45, 7) is 1.43. The smallest absolute Gasteiger partial charge is 0.0675 e. The van der Waals surface area contributed by atoms with Crippen molar-refractivity contribution in [1.29, 1.82) is 5.26 Å². The molecule has 0 aromatic rings. The quantitative estimate of drug-likeness (QED) is 0.429. The molecule has 2 heteroatoms. The van der Waals surface area contributed by atoms with Crippen LogP contribution in [0.3, 0.4) is 0 Å². The predicted octanol–water partition coefficient (Wildman–Crippen LogP) is 0.852. The number of hydrogen-bond donors (Lipinski definition) is 0. The Labute approximate surface area is 51.9 Å². The van der Waals surface area contributed by atoms with Crippen LogP contribution in [0.2, 0.25) is 0 Å². The molecule has 48 valence electrons. The van der Waals surface area contributed by atoms with Crippen LogP contribution in [0, 0.1) is 11.3 Å². The summed E-state index contributed by atoms with van der Waals surface area (Å²) in [6.07, 6.45) is 0. The van der Waals surface area contributed by atoms with Crippen molar-refractivity contribution in [2.24, 2.45) is 0 Å². The minimum Gasteiger partial charge on any atom is -0.333 e. The summed E-state index contributed by atoms with van der Waals surface area (Å²) in [5, 5.41) is 7.32. The van der Waals surface area contributed by atoms with Gasteiger partial charge < -0.3 is 4.48 Å². The summed E-state index contributed by atoms with van der Waals surface area (Å²) in [5.74, 6) is 0. The molecule has 0 aromatic heterocycles. The van der Waals surface area contributed by atoms with E-state index in [-0.39, 0.29) is 0 Å². The lowest BCUT2D eigenvalue weighted by molar-refractivity contribution is -0.849. The van der Waals surface area contributed by atoms with Crippen molar-refractivity contribution in [1.82, 2.24) is 0 Å². The van der Waals surface area contributed by atoms with Gasteiger partial charge in [0.25, 0.3) is 0 Å². The molecule has 0 aromatic carbocycles. The Bertz CT molecular complexity index is 67.5. The van der Waals surface area contributed by atoms with E-state index in [1.165, 1.54) is 6.92 Å². The minimum absolute atomic E-state index is 1.00. The highest BCUT2D eigenvalue weighted by Crippen LogP contribution is 1.73. The number of rotatable bonds is 0. The Hall–Kier alpha value is -0.550. The first-order chi connectivity index (χ1) is 3.41. The maximum atomic E-state index is 7.32. The van der Waals surface area contributed by atoms with Crippen LogP contribution in [-0.2, 0) is 0 Å². The molecule has 0 unspecified atom stereocenters. The van der Waals surface area contributed by atoms with E-state index in [9.17, 15) is 0 Å². The molecule has 0 radical (unpaired) electrons. The fourth-order valence-electron chi connectivity index (χ4n) is 0. The highest BCUT2D eigenvalue weighted by Gasteiger charge is 1.88. The molecular formula is C6H15N2+. The molecule has 0 saturated carbocycles. The van der Waals surface area contributed by atoms with Gasteiger partial charge in [-0.1, -0.05) is 0 Å². The molecule has 0 aliphatic rings. The van der Waals surface area contributed by atoms with Gasteiger partial charge >= 0.3 is 0 Å². The van der Waals surface area contributed by atoms with Crippen LogP contribution in [0.15, 0.2) is 0 Å². The minimum atomic E-state index is 1.00. The van der Waals surface area contributed by atoms with Crippen molar-refractivity contribution >= 4 is 0 Å². The third kappa shape index (κ3) is 357. The van der Waals surface area contributed by atoms with Gasteiger partial charge in [0.2, 0.25) is 0 Å². The van der Waals surface area contributed by atoms with E-state index < -0.39 is 0 Å². The molecule has 0 rings (SSSR count). The van der Waals surface area contributed by atoms with Gasteiger partial charge in [0, 0.05) is 6.92 Å². The lowest BCUT2D eigenvalue weighted by Crippen LogP contribution is -2.27. The number of nitriles is 1. The van der Waals surface area contributed by atoms with Gasteiger partial charge in [0.1, 0.15) is 0 Å². The van der Waals surface area contributed by atoms with E-state index in [1.807, 2.05) is 0 Å². The average Bonchev–Trinajstić information content (AvgIpc) is 1.27. The Morgan fingerprint density at radius 2 is 1.12 bits per heavy atom. The van der Waals surface area contributed by atoms with Crippen molar-refractivity contribution in [3.05, 3.63) is 0 Å². The Morgan fingerprint density at radius 3 is 1.12 bits per heavy atom. The largest absolute Gasteiger partial charge is 0.333 e. The topological polar surface area (TPSA) is 23.8 Å². The van der Waals surface area contributed by atoms with Gasteiger partial charge in [0.05, 0.1) is 34.3 Å².